The van der Waals surface area contributed by atoms with Gasteiger partial charge in [0.1, 0.15) is 5.75 Å². The van der Waals surface area contributed by atoms with Gasteiger partial charge >= 0.3 is 0 Å². The number of aromatic amines is 1. The summed E-state index contributed by atoms with van der Waals surface area (Å²) in [6, 6.07) is 12.2. The van der Waals surface area contributed by atoms with Crippen LogP contribution in [0.5, 0.6) is 5.75 Å². The van der Waals surface area contributed by atoms with Crippen molar-refractivity contribution in [3.63, 3.8) is 0 Å². The Hall–Kier alpha value is -1.34. The number of nitrogens with zero attached hydrogens (tertiary/aromatic N) is 1. The van der Waals surface area contributed by atoms with Gasteiger partial charge in [-0.15, -0.1) is 0 Å². The largest absolute Gasteiger partial charge is 0.506 e. The number of nitrogens with one attached hydrogen (secondary N) is 1. The number of H-pyrrole nitrogens is 1. The summed E-state index contributed by atoms with van der Waals surface area (Å²) >= 11 is 7.07. The first-order chi connectivity index (χ1) is 12.6. The number of hydrogen-bond donors (Lipinski definition) is 2. The first kappa shape index (κ1) is 18.0. The van der Waals surface area contributed by atoms with E-state index in [1.165, 1.54) is 10.9 Å². The van der Waals surface area contributed by atoms with E-state index in [1.807, 2.05) is 18.2 Å². The highest BCUT2D eigenvalue weighted by Gasteiger charge is 2.31. The number of morpholine rings is 1. The van der Waals surface area contributed by atoms with E-state index in [2.05, 4.69) is 66.9 Å². The van der Waals surface area contributed by atoms with Crippen molar-refractivity contribution in [1.29, 1.82) is 0 Å². The summed E-state index contributed by atoms with van der Waals surface area (Å²) in [5.41, 5.74) is 4.34. The zero-order chi connectivity index (χ0) is 18.3. The Labute approximate surface area is 169 Å². The molecular formula is C20H20Br2N2O2. The third-order valence-electron chi connectivity index (χ3n) is 4.98. The lowest BCUT2D eigenvalue weighted by molar-refractivity contribution is 0.0237. The predicted molar refractivity (Wildman–Crippen MR) is 111 cm³/mol. The van der Waals surface area contributed by atoms with Gasteiger partial charge in [0.05, 0.1) is 23.7 Å². The lowest BCUT2D eigenvalue weighted by Crippen LogP contribution is -2.39. The van der Waals surface area contributed by atoms with Crippen LogP contribution in [0.4, 0.5) is 0 Å². The number of fused-ring (bicyclic) bond motifs is 1. The summed E-state index contributed by atoms with van der Waals surface area (Å²) in [7, 11) is 0. The molecule has 3 aromatic rings. The smallest absolute Gasteiger partial charge is 0.134 e. The van der Waals surface area contributed by atoms with E-state index in [1.54, 1.807) is 0 Å². The monoisotopic (exact) mass is 478 g/mol. The second-order valence-electron chi connectivity index (χ2n) is 6.59. The molecule has 0 amide bonds. The summed E-state index contributed by atoms with van der Waals surface area (Å²) in [4.78, 5) is 5.89. The van der Waals surface area contributed by atoms with Crippen molar-refractivity contribution in [1.82, 2.24) is 9.88 Å². The van der Waals surface area contributed by atoms with Gasteiger partial charge in [0.2, 0.25) is 0 Å². The minimum atomic E-state index is -0.0520. The number of para-hydroxylation sites is 1. The molecule has 2 aromatic carbocycles. The molecule has 1 aliphatic heterocycles. The summed E-state index contributed by atoms with van der Waals surface area (Å²) in [6.45, 7) is 5.16. The number of hydrogen-bond acceptors (Lipinski definition) is 3. The molecule has 0 aliphatic carbocycles. The van der Waals surface area contributed by atoms with Crippen LogP contribution in [0.15, 0.2) is 45.3 Å². The molecule has 26 heavy (non-hydrogen) atoms. The van der Waals surface area contributed by atoms with Gasteiger partial charge in [0, 0.05) is 45.3 Å². The molecule has 2 N–H and O–H groups in total. The molecule has 1 atom stereocenters. The fraction of sp³-hybridized carbons (Fsp3) is 0.300. The number of aromatic hydroxyl groups is 1. The maximum absolute atomic E-state index is 10.8. The van der Waals surface area contributed by atoms with Crippen molar-refractivity contribution in [2.24, 2.45) is 0 Å². The second-order valence-corrected chi connectivity index (χ2v) is 8.36. The van der Waals surface area contributed by atoms with Gasteiger partial charge in [-0.05, 0) is 41.1 Å². The highest BCUT2D eigenvalue weighted by molar-refractivity contribution is 9.11. The van der Waals surface area contributed by atoms with Gasteiger partial charge in [-0.25, -0.2) is 0 Å². The van der Waals surface area contributed by atoms with E-state index in [0.29, 0.717) is 17.7 Å². The standard InChI is InChI=1S/C20H20Br2N2O2/c1-12-18(14-4-2-3-5-17(14)23-12)19(24-6-8-26-9-7-24)15-10-13(21)11-16(22)20(15)25/h2-5,10-11,19,23,25H,6-9H2,1H3. The van der Waals surface area contributed by atoms with E-state index in [4.69, 9.17) is 4.74 Å². The van der Waals surface area contributed by atoms with Crippen LogP contribution in [-0.4, -0.2) is 41.3 Å². The van der Waals surface area contributed by atoms with Crippen molar-refractivity contribution in [3.8, 4) is 5.75 Å². The lowest BCUT2D eigenvalue weighted by Gasteiger charge is -2.35. The van der Waals surface area contributed by atoms with Gasteiger partial charge in [-0.2, -0.15) is 0 Å². The number of ether oxygens (including phenoxy) is 1. The predicted octanol–water partition coefficient (Wildman–Crippen LogP) is 5.13. The number of aromatic nitrogens is 1. The molecule has 4 rings (SSSR count). The zero-order valence-electron chi connectivity index (χ0n) is 14.4. The summed E-state index contributed by atoms with van der Waals surface area (Å²) in [5.74, 6) is 0.286. The molecule has 1 saturated heterocycles. The van der Waals surface area contributed by atoms with E-state index < -0.39 is 0 Å². The molecule has 1 aliphatic rings. The van der Waals surface area contributed by atoms with Crippen LogP contribution in [0.25, 0.3) is 10.9 Å². The third-order valence-corrected chi connectivity index (χ3v) is 6.04. The lowest BCUT2D eigenvalue weighted by atomic mass is 9.93. The van der Waals surface area contributed by atoms with Gasteiger partial charge in [0.25, 0.3) is 0 Å². The van der Waals surface area contributed by atoms with Crippen molar-refractivity contribution in [2.45, 2.75) is 13.0 Å². The van der Waals surface area contributed by atoms with Crippen LogP contribution in [0.2, 0.25) is 0 Å². The number of benzene rings is 2. The van der Waals surface area contributed by atoms with E-state index in [-0.39, 0.29) is 11.8 Å². The Kier molecular flexibility index (Phi) is 5.10. The Morgan fingerprint density at radius 3 is 2.65 bits per heavy atom. The maximum atomic E-state index is 10.8. The molecular weight excluding hydrogens is 460 g/mol. The maximum Gasteiger partial charge on any atom is 0.134 e. The molecule has 1 aromatic heterocycles. The number of phenolic OH excluding ortho intramolecular Hbond substituents is 1. The molecule has 0 bridgehead atoms. The van der Waals surface area contributed by atoms with Crippen molar-refractivity contribution >= 4 is 42.8 Å². The molecule has 136 valence electrons. The van der Waals surface area contributed by atoms with Crippen molar-refractivity contribution in [2.75, 3.05) is 26.3 Å². The fourth-order valence-electron chi connectivity index (χ4n) is 3.82. The zero-order valence-corrected chi connectivity index (χ0v) is 17.6. The number of rotatable bonds is 3. The van der Waals surface area contributed by atoms with Gasteiger partial charge in [0.15, 0.2) is 0 Å². The minimum absolute atomic E-state index is 0.0520. The topological polar surface area (TPSA) is 48.5 Å². The van der Waals surface area contributed by atoms with Crippen molar-refractivity contribution < 1.29 is 9.84 Å². The molecule has 1 fully saturated rings. The first-order valence-corrected chi connectivity index (χ1v) is 10.2. The van der Waals surface area contributed by atoms with E-state index in [0.717, 1.165) is 34.3 Å². The molecule has 4 nitrogen and oxygen atoms in total. The summed E-state index contributed by atoms with van der Waals surface area (Å²) in [5, 5.41) is 12.0. The second kappa shape index (κ2) is 7.35. The van der Waals surface area contributed by atoms with E-state index >= 15 is 0 Å². The highest BCUT2D eigenvalue weighted by Crippen LogP contribution is 2.43. The number of halogens is 2. The molecule has 6 heteroatoms. The summed E-state index contributed by atoms with van der Waals surface area (Å²) < 4.78 is 7.20. The molecule has 0 spiro atoms. The van der Waals surface area contributed by atoms with Crippen LogP contribution >= 0.6 is 31.9 Å². The average Bonchev–Trinajstić information content (AvgIpc) is 2.96. The fourth-order valence-corrected chi connectivity index (χ4v) is 5.07. The van der Waals surface area contributed by atoms with E-state index in [9.17, 15) is 5.11 Å². The van der Waals surface area contributed by atoms with Gasteiger partial charge < -0.3 is 14.8 Å². The summed E-state index contributed by atoms with van der Waals surface area (Å²) in [6.07, 6.45) is 0. The van der Waals surface area contributed by atoms with Crippen LogP contribution in [-0.2, 0) is 4.74 Å². The van der Waals surface area contributed by atoms with Crippen LogP contribution in [0.1, 0.15) is 22.9 Å². The van der Waals surface area contributed by atoms with Gasteiger partial charge in [-0.3, -0.25) is 4.90 Å². The number of aryl methyl sites for hydroxylation is 1. The Morgan fingerprint density at radius 1 is 1.15 bits per heavy atom. The minimum Gasteiger partial charge on any atom is -0.506 e. The quantitative estimate of drug-likeness (QED) is 0.547. The Morgan fingerprint density at radius 2 is 1.88 bits per heavy atom. The number of phenols is 1. The molecule has 0 radical (unpaired) electrons. The first-order valence-electron chi connectivity index (χ1n) is 8.63. The molecule has 2 heterocycles. The van der Waals surface area contributed by atoms with Crippen LogP contribution < -0.4 is 0 Å². The SMILES string of the molecule is Cc1[nH]c2ccccc2c1C(c1cc(Br)cc(Br)c1O)N1CCOCC1. The van der Waals surface area contributed by atoms with Crippen LogP contribution in [0, 0.1) is 6.92 Å². The Bertz CT molecular complexity index is 948. The normalized spacial score (nSPS) is 16.9. The van der Waals surface area contributed by atoms with Gasteiger partial charge in [-0.1, -0.05) is 34.1 Å². The van der Waals surface area contributed by atoms with Crippen molar-refractivity contribution in [3.05, 3.63) is 62.2 Å². The average molecular weight is 480 g/mol. The molecule has 1 unspecified atom stereocenters. The highest BCUT2D eigenvalue weighted by atomic mass is 79.9. The Balaban J connectivity index is 1.96. The third kappa shape index (κ3) is 3.20. The molecule has 0 saturated carbocycles. The van der Waals surface area contributed by atoms with Crippen LogP contribution in [0.3, 0.4) is 0 Å².